The first-order chi connectivity index (χ1) is 13.8. The minimum atomic E-state index is -3.66. The predicted octanol–water partition coefficient (Wildman–Crippen LogP) is 2.88. The summed E-state index contributed by atoms with van der Waals surface area (Å²) in [5, 5.41) is 6.54. The fraction of sp³-hybridized carbons (Fsp3) is 0.400. The van der Waals surface area contributed by atoms with Crippen LogP contribution < -0.4 is 10.0 Å². The summed E-state index contributed by atoms with van der Waals surface area (Å²) in [5.41, 5.74) is 2.38. The number of carbonyl (C=O) groups excluding carboxylic acids is 1. The fourth-order valence-electron chi connectivity index (χ4n) is 3.10. The number of hydrogen-bond acceptors (Lipinski definition) is 6. The molecule has 0 radical (unpaired) electrons. The Morgan fingerprint density at radius 3 is 2.79 bits per heavy atom. The maximum Gasteiger partial charge on any atom is 0.240 e. The Morgan fingerprint density at radius 1 is 1.31 bits per heavy atom. The first kappa shape index (κ1) is 21.2. The molecule has 3 rings (SSSR count). The molecule has 29 heavy (non-hydrogen) atoms. The summed E-state index contributed by atoms with van der Waals surface area (Å²) in [6, 6.07) is 5.16. The molecule has 2 aromatic rings. The van der Waals surface area contributed by atoms with E-state index >= 15 is 0 Å². The summed E-state index contributed by atoms with van der Waals surface area (Å²) in [4.78, 5) is 11.6. The smallest absolute Gasteiger partial charge is 0.240 e. The van der Waals surface area contributed by atoms with Gasteiger partial charge < -0.3 is 14.6 Å². The van der Waals surface area contributed by atoms with Gasteiger partial charge >= 0.3 is 0 Å². The standard InChI is InChI=1S/C20H25N3O5S/c1-13-6-7-16(8-9-18-20(22-15(3)24)14(2)23-28-18)11-19(13)29(25,26)21-12-17-5-4-10-27-17/h6-9,11,17,21H,4-5,10,12H2,1-3H3,(H,22,24)/b9-8-/t17-/m0/s1. The number of benzene rings is 1. The summed E-state index contributed by atoms with van der Waals surface area (Å²) in [6.07, 6.45) is 5.09. The molecule has 1 aromatic carbocycles. The van der Waals surface area contributed by atoms with Crippen LogP contribution in [0, 0.1) is 13.8 Å². The molecular weight excluding hydrogens is 394 g/mol. The second kappa shape index (κ2) is 8.89. The average Bonchev–Trinajstić information content (AvgIpc) is 3.30. The Morgan fingerprint density at radius 2 is 2.10 bits per heavy atom. The zero-order valence-corrected chi connectivity index (χ0v) is 17.5. The van der Waals surface area contributed by atoms with Gasteiger partial charge in [0.25, 0.3) is 0 Å². The quantitative estimate of drug-likeness (QED) is 0.714. The normalized spacial score (nSPS) is 17.1. The van der Waals surface area contributed by atoms with Crippen LogP contribution in [0.1, 0.15) is 42.3 Å². The summed E-state index contributed by atoms with van der Waals surface area (Å²) in [7, 11) is -3.66. The van der Waals surface area contributed by atoms with Crippen LogP contribution in [-0.4, -0.2) is 38.7 Å². The van der Waals surface area contributed by atoms with Crippen molar-refractivity contribution in [2.75, 3.05) is 18.5 Å². The number of aromatic nitrogens is 1. The van der Waals surface area contributed by atoms with Gasteiger partial charge in [0.15, 0.2) is 5.76 Å². The van der Waals surface area contributed by atoms with E-state index in [-0.39, 0.29) is 23.5 Å². The van der Waals surface area contributed by atoms with E-state index in [1.54, 1.807) is 38.1 Å². The van der Waals surface area contributed by atoms with Crippen molar-refractivity contribution < 1.29 is 22.5 Å². The minimum Gasteiger partial charge on any atom is -0.377 e. The van der Waals surface area contributed by atoms with Gasteiger partial charge in [-0.1, -0.05) is 23.4 Å². The van der Waals surface area contributed by atoms with Gasteiger partial charge in [0.05, 0.1) is 11.0 Å². The minimum absolute atomic E-state index is 0.0740. The van der Waals surface area contributed by atoms with Crippen molar-refractivity contribution in [3.05, 3.63) is 40.8 Å². The first-order valence-electron chi connectivity index (χ1n) is 9.40. The van der Waals surface area contributed by atoms with Crippen LogP contribution in [0.25, 0.3) is 12.2 Å². The van der Waals surface area contributed by atoms with Gasteiger partial charge in [-0.15, -0.1) is 0 Å². The summed E-state index contributed by atoms with van der Waals surface area (Å²) in [6.45, 7) is 5.82. The third-order valence-electron chi connectivity index (χ3n) is 4.64. The average molecular weight is 420 g/mol. The van der Waals surface area contributed by atoms with Crippen LogP contribution in [0.15, 0.2) is 27.6 Å². The third-order valence-corrected chi connectivity index (χ3v) is 6.21. The van der Waals surface area contributed by atoms with Crippen LogP contribution in [0.4, 0.5) is 5.69 Å². The maximum absolute atomic E-state index is 12.7. The van der Waals surface area contributed by atoms with Crippen molar-refractivity contribution in [3.8, 4) is 0 Å². The van der Waals surface area contributed by atoms with Gasteiger partial charge in [0.2, 0.25) is 15.9 Å². The van der Waals surface area contributed by atoms with Crippen LogP contribution in [0.2, 0.25) is 0 Å². The molecule has 8 nitrogen and oxygen atoms in total. The number of anilines is 1. The van der Waals surface area contributed by atoms with Gasteiger partial charge in [-0.05, 0) is 50.0 Å². The highest BCUT2D eigenvalue weighted by Crippen LogP contribution is 2.24. The fourth-order valence-corrected chi connectivity index (χ4v) is 4.44. The van der Waals surface area contributed by atoms with Gasteiger partial charge in [-0.2, -0.15) is 0 Å². The van der Waals surface area contributed by atoms with E-state index in [1.807, 2.05) is 6.07 Å². The lowest BCUT2D eigenvalue weighted by Crippen LogP contribution is -2.32. The topological polar surface area (TPSA) is 111 Å². The molecule has 0 unspecified atom stereocenters. The highest BCUT2D eigenvalue weighted by Gasteiger charge is 2.21. The van der Waals surface area contributed by atoms with Crippen LogP contribution in [0.5, 0.6) is 0 Å². The highest BCUT2D eigenvalue weighted by molar-refractivity contribution is 7.89. The number of nitrogens with zero attached hydrogens (tertiary/aromatic N) is 1. The molecule has 156 valence electrons. The Bertz CT molecular complexity index is 1020. The van der Waals surface area contributed by atoms with Crippen molar-refractivity contribution in [2.45, 2.75) is 44.6 Å². The number of amides is 1. The Balaban J connectivity index is 1.80. The lowest BCUT2D eigenvalue weighted by Gasteiger charge is -2.13. The lowest BCUT2D eigenvalue weighted by atomic mass is 10.1. The zero-order valence-electron chi connectivity index (χ0n) is 16.7. The molecule has 1 saturated heterocycles. The second-order valence-electron chi connectivity index (χ2n) is 7.03. The molecule has 1 fully saturated rings. The molecule has 1 amide bonds. The van der Waals surface area contributed by atoms with Gasteiger partial charge in [-0.3, -0.25) is 4.79 Å². The van der Waals surface area contributed by atoms with E-state index in [0.29, 0.717) is 34.9 Å². The number of carbonyl (C=O) groups is 1. The van der Waals surface area contributed by atoms with E-state index in [4.69, 9.17) is 9.26 Å². The second-order valence-corrected chi connectivity index (χ2v) is 8.77. The van der Waals surface area contributed by atoms with Crippen molar-refractivity contribution in [1.82, 2.24) is 9.88 Å². The largest absolute Gasteiger partial charge is 0.377 e. The maximum atomic E-state index is 12.7. The highest BCUT2D eigenvalue weighted by atomic mass is 32.2. The molecule has 2 N–H and O–H groups in total. The third kappa shape index (κ3) is 5.31. The Labute approximate surface area is 170 Å². The van der Waals surface area contributed by atoms with Crippen molar-refractivity contribution in [1.29, 1.82) is 0 Å². The van der Waals surface area contributed by atoms with Gasteiger partial charge in [0, 0.05) is 20.1 Å². The first-order valence-corrected chi connectivity index (χ1v) is 10.9. The van der Waals surface area contributed by atoms with E-state index in [9.17, 15) is 13.2 Å². The predicted molar refractivity (Wildman–Crippen MR) is 110 cm³/mol. The summed E-state index contributed by atoms with van der Waals surface area (Å²) in [5.74, 6) is 0.158. The number of sulfonamides is 1. The Hall–Kier alpha value is -2.49. The molecule has 1 atom stereocenters. The summed E-state index contributed by atoms with van der Waals surface area (Å²) < 4.78 is 38.9. The molecule has 1 aliphatic heterocycles. The molecule has 2 heterocycles. The number of nitrogens with one attached hydrogen (secondary N) is 2. The van der Waals surface area contributed by atoms with Crippen molar-refractivity contribution in [3.63, 3.8) is 0 Å². The van der Waals surface area contributed by atoms with Crippen LogP contribution in [-0.2, 0) is 19.6 Å². The van der Waals surface area contributed by atoms with E-state index in [1.165, 1.54) is 6.92 Å². The number of ether oxygens (including phenoxy) is 1. The molecule has 0 spiro atoms. The molecule has 1 aliphatic rings. The van der Waals surface area contributed by atoms with Gasteiger partial charge in [0.1, 0.15) is 11.4 Å². The van der Waals surface area contributed by atoms with E-state index in [0.717, 1.165) is 12.8 Å². The van der Waals surface area contributed by atoms with Crippen LogP contribution >= 0.6 is 0 Å². The van der Waals surface area contributed by atoms with Crippen molar-refractivity contribution in [2.24, 2.45) is 0 Å². The molecule has 0 saturated carbocycles. The molecule has 9 heteroatoms. The lowest BCUT2D eigenvalue weighted by molar-refractivity contribution is -0.114. The number of hydrogen-bond donors (Lipinski definition) is 2. The van der Waals surface area contributed by atoms with Gasteiger partial charge in [-0.25, -0.2) is 13.1 Å². The zero-order chi connectivity index (χ0) is 21.0. The molecular formula is C20H25N3O5S. The number of rotatable bonds is 7. The Kier molecular flexibility index (Phi) is 6.51. The monoisotopic (exact) mass is 419 g/mol. The van der Waals surface area contributed by atoms with E-state index in [2.05, 4.69) is 15.2 Å². The molecule has 1 aromatic heterocycles. The SMILES string of the molecule is CC(=O)Nc1c(C)noc1/C=C\c1ccc(C)c(S(=O)(=O)NC[C@@H]2CCCO2)c1. The molecule has 0 bridgehead atoms. The molecule has 0 aliphatic carbocycles. The van der Waals surface area contributed by atoms with Crippen molar-refractivity contribution >= 4 is 33.8 Å². The summed E-state index contributed by atoms with van der Waals surface area (Å²) >= 11 is 0. The number of aryl methyl sites for hydroxylation is 2. The van der Waals surface area contributed by atoms with E-state index < -0.39 is 10.0 Å². The van der Waals surface area contributed by atoms with Crippen LogP contribution in [0.3, 0.4) is 0 Å².